The monoisotopic (exact) mass is 442 g/mol. The van der Waals surface area contributed by atoms with Crippen LogP contribution in [0.1, 0.15) is 18.1 Å². The number of benzene rings is 2. The van der Waals surface area contributed by atoms with Crippen molar-refractivity contribution in [2.75, 3.05) is 0 Å². The first-order valence-corrected chi connectivity index (χ1v) is 10.2. The number of hydrogen-bond acceptors (Lipinski definition) is 6. The Morgan fingerprint density at radius 3 is 2.67 bits per heavy atom. The summed E-state index contributed by atoms with van der Waals surface area (Å²) in [6, 6.07) is 15.9. The lowest BCUT2D eigenvalue weighted by Crippen LogP contribution is -2.45. The molecule has 0 aliphatic carbocycles. The van der Waals surface area contributed by atoms with E-state index in [1.807, 2.05) is 30.3 Å². The summed E-state index contributed by atoms with van der Waals surface area (Å²) in [5.41, 5.74) is 4.01. The Morgan fingerprint density at radius 1 is 1.23 bits per heavy atom. The van der Waals surface area contributed by atoms with Gasteiger partial charge in [0.25, 0.3) is 5.91 Å². The molecular weight excluding hydrogens is 424 g/mol. The molecular formula is C21H18N2O5S2. The van der Waals surface area contributed by atoms with Gasteiger partial charge in [-0.15, -0.1) is 0 Å². The third-order valence-corrected chi connectivity index (χ3v) is 5.36. The van der Waals surface area contributed by atoms with Crippen LogP contribution in [-0.2, 0) is 20.8 Å². The van der Waals surface area contributed by atoms with E-state index < -0.39 is 18.0 Å². The predicted molar refractivity (Wildman–Crippen MR) is 117 cm³/mol. The number of ether oxygens (including phenoxy) is 1. The predicted octanol–water partition coefficient (Wildman–Crippen LogP) is 3.01. The van der Waals surface area contributed by atoms with Gasteiger partial charge in [-0.1, -0.05) is 54.2 Å². The SMILES string of the molecule is CC(Oc1cccc(/C=C2/SC(=S)N(NC(=O)Cc3ccccc3)C2=O)c1)C(=O)O. The van der Waals surface area contributed by atoms with Crippen molar-refractivity contribution in [3.63, 3.8) is 0 Å². The summed E-state index contributed by atoms with van der Waals surface area (Å²) in [5.74, 6) is -1.49. The Hall–Kier alpha value is -3.17. The molecule has 2 aromatic carbocycles. The van der Waals surface area contributed by atoms with E-state index in [1.54, 1.807) is 30.3 Å². The van der Waals surface area contributed by atoms with Crippen LogP contribution in [0.5, 0.6) is 5.75 Å². The zero-order valence-corrected chi connectivity index (χ0v) is 17.5. The largest absolute Gasteiger partial charge is 0.479 e. The normalized spacial score (nSPS) is 15.9. The maximum Gasteiger partial charge on any atom is 0.344 e. The third-order valence-electron chi connectivity index (χ3n) is 4.05. The number of thioether (sulfide) groups is 1. The van der Waals surface area contributed by atoms with Crippen LogP contribution in [0.15, 0.2) is 59.5 Å². The minimum atomic E-state index is -1.08. The van der Waals surface area contributed by atoms with Crippen molar-refractivity contribution in [2.24, 2.45) is 0 Å². The summed E-state index contributed by atoms with van der Waals surface area (Å²) in [7, 11) is 0. The average Bonchev–Trinajstić information content (AvgIpc) is 2.96. The van der Waals surface area contributed by atoms with Crippen LogP contribution in [0.2, 0.25) is 0 Å². The van der Waals surface area contributed by atoms with Crippen molar-refractivity contribution in [2.45, 2.75) is 19.4 Å². The van der Waals surface area contributed by atoms with Crippen LogP contribution >= 0.6 is 24.0 Å². The van der Waals surface area contributed by atoms with E-state index in [0.717, 1.165) is 22.3 Å². The standard InChI is InChI=1S/C21H18N2O5S2/c1-13(20(26)27)28-16-9-5-8-15(10-16)11-17-19(25)23(21(29)30-17)22-18(24)12-14-6-3-2-4-7-14/h2-11,13H,12H2,1H3,(H,22,24)(H,26,27)/b17-11+. The molecule has 2 amide bonds. The molecule has 2 N–H and O–H groups in total. The lowest BCUT2D eigenvalue weighted by molar-refractivity contribution is -0.144. The summed E-state index contributed by atoms with van der Waals surface area (Å²) in [6.45, 7) is 1.43. The summed E-state index contributed by atoms with van der Waals surface area (Å²) in [6.07, 6.45) is 0.734. The number of hydrogen-bond donors (Lipinski definition) is 2. The highest BCUT2D eigenvalue weighted by Crippen LogP contribution is 2.32. The van der Waals surface area contributed by atoms with Gasteiger partial charge in [0.1, 0.15) is 5.75 Å². The number of nitrogens with zero attached hydrogens (tertiary/aromatic N) is 1. The second-order valence-electron chi connectivity index (χ2n) is 6.39. The van der Waals surface area contributed by atoms with Gasteiger partial charge in [0.05, 0.1) is 11.3 Å². The average molecular weight is 443 g/mol. The number of aliphatic carboxylic acids is 1. The van der Waals surface area contributed by atoms with Crippen LogP contribution < -0.4 is 10.2 Å². The maximum absolute atomic E-state index is 12.7. The first-order valence-electron chi connectivity index (χ1n) is 8.94. The van der Waals surface area contributed by atoms with Crippen LogP contribution in [0.3, 0.4) is 0 Å². The fourth-order valence-electron chi connectivity index (χ4n) is 2.59. The number of carboxylic acids is 1. The number of thiocarbonyl (C=S) groups is 1. The van der Waals surface area contributed by atoms with Crippen LogP contribution in [0.4, 0.5) is 0 Å². The lowest BCUT2D eigenvalue weighted by atomic mass is 10.1. The quantitative estimate of drug-likeness (QED) is 0.503. The van der Waals surface area contributed by atoms with Crippen LogP contribution in [-0.4, -0.2) is 38.3 Å². The molecule has 1 atom stereocenters. The molecule has 1 aliphatic rings. The first kappa shape index (κ1) is 21.5. The van der Waals surface area contributed by atoms with Crippen molar-refractivity contribution >= 4 is 52.2 Å². The van der Waals surface area contributed by atoms with Crippen molar-refractivity contribution in [1.82, 2.24) is 10.4 Å². The minimum absolute atomic E-state index is 0.123. The summed E-state index contributed by atoms with van der Waals surface area (Å²) in [4.78, 5) is 36.2. The van der Waals surface area contributed by atoms with Gasteiger partial charge < -0.3 is 9.84 Å². The number of rotatable bonds is 7. The fourth-order valence-corrected chi connectivity index (χ4v) is 3.77. The van der Waals surface area contributed by atoms with Crippen molar-refractivity contribution < 1.29 is 24.2 Å². The van der Waals surface area contributed by atoms with E-state index in [9.17, 15) is 14.4 Å². The van der Waals surface area contributed by atoms with Gasteiger partial charge >= 0.3 is 5.97 Å². The first-order chi connectivity index (χ1) is 14.3. The topological polar surface area (TPSA) is 95.9 Å². The Kier molecular flexibility index (Phi) is 6.86. The number of carboxylic acid groups (broad SMARTS) is 1. The second kappa shape index (κ2) is 9.55. The van der Waals surface area contributed by atoms with Crippen LogP contribution in [0.25, 0.3) is 6.08 Å². The molecule has 9 heteroatoms. The number of amides is 2. The van der Waals surface area contributed by atoms with Crippen molar-refractivity contribution in [3.05, 3.63) is 70.6 Å². The molecule has 1 saturated heterocycles. The zero-order valence-electron chi connectivity index (χ0n) is 15.9. The van der Waals surface area contributed by atoms with Gasteiger partial charge in [-0.25, -0.2) is 4.79 Å². The summed E-state index contributed by atoms with van der Waals surface area (Å²) in [5, 5.41) is 10.0. The molecule has 1 fully saturated rings. The maximum atomic E-state index is 12.7. The molecule has 0 aromatic heterocycles. The molecule has 1 unspecified atom stereocenters. The van der Waals surface area contributed by atoms with Gasteiger partial charge in [0.15, 0.2) is 10.4 Å². The van der Waals surface area contributed by atoms with Gasteiger partial charge in [0.2, 0.25) is 5.91 Å². The van der Waals surface area contributed by atoms with E-state index in [4.69, 9.17) is 22.1 Å². The minimum Gasteiger partial charge on any atom is -0.479 e. The highest BCUT2D eigenvalue weighted by Gasteiger charge is 2.33. The molecule has 3 rings (SSSR count). The van der Waals surface area contributed by atoms with E-state index in [1.165, 1.54) is 6.92 Å². The van der Waals surface area contributed by atoms with Gasteiger partial charge in [-0.2, -0.15) is 5.01 Å². The molecule has 7 nitrogen and oxygen atoms in total. The third kappa shape index (κ3) is 5.46. The molecule has 0 spiro atoms. The van der Waals surface area contributed by atoms with E-state index in [-0.39, 0.29) is 16.6 Å². The molecule has 1 heterocycles. The molecule has 0 bridgehead atoms. The van der Waals surface area contributed by atoms with E-state index in [0.29, 0.717) is 16.2 Å². The zero-order chi connectivity index (χ0) is 21.7. The highest BCUT2D eigenvalue weighted by atomic mass is 32.2. The summed E-state index contributed by atoms with van der Waals surface area (Å²) >= 11 is 6.30. The Labute approximate surface area is 182 Å². The molecule has 0 saturated carbocycles. The van der Waals surface area contributed by atoms with Gasteiger partial charge in [0, 0.05) is 0 Å². The van der Waals surface area contributed by atoms with Crippen LogP contribution in [0, 0.1) is 0 Å². The van der Waals surface area contributed by atoms with Crippen molar-refractivity contribution in [1.29, 1.82) is 0 Å². The lowest BCUT2D eigenvalue weighted by Gasteiger charge is -2.15. The smallest absolute Gasteiger partial charge is 0.344 e. The number of nitrogens with one attached hydrogen (secondary N) is 1. The Balaban J connectivity index is 1.69. The van der Waals surface area contributed by atoms with E-state index in [2.05, 4.69) is 5.43 Å². The Morgan fingerprint density at radius 2 is 1.97 bits per heavy atom. The number of hydrazine groups is 1. The molecule has 30 heavy (non-hydrogen) atoms. The Bertz CT molecular complexity index is 1020. The summed E-state index contributed by atoms with van der Waals surface area (Å²) < 4.78 is 5.57. The van der Waals surface area contributed by atoms with Crippen molar-refractivity contribution in [3.8, 4) is 5.75 Å². The molecule has 154 valence electrons. The fraction of sp³-hybridized carbons (Fsp3) is 0.143. The second-order valence-corrected chi connectivity index (χ2v) is 8.06. The molecule has 2 aromatic rings. The van der Waals surface area contributed by atoms with Gasteiger partial charge in [-0.05, 0) is 48.5 Å². The number of carbonyl (C=O) groups is 3. The van der Waals surface area contributed by atoms with E-state index >= 15 is 0 Å². The highest BCUT2D eigenvalue weighted by molar-refractivity contribution is 8.26. The van der Waals surface area contributed by atoms with Gasteiger partial charge in [-0.3, -0.25) is 15.0 Å². The number of carbonyl (C=O) groups excluding carboxylic acids is 2. The molecule has 1 aliphatic heterocycles. The molecule has 0 radical (unpaired) electrons.